The third-order valence-electron chi connectivity index (χ3n) is 7.33. The van der Waals surface area contributed by atoms with E-state index in [0.29, 0.717) is 39.2 Å². The highest BCUT2D eigenvalue weighted by Crippen LogP contribution is 2.29. The number of ether oxygens (including phenoxy) is 1. The molecule has 0 aliphatic carbocycles. The summed E-state index contributed by atoms with van der Waals surface area (Å²) in [5.74, 6) is 0.820. The van der Waals surface area contributed by atoms with Crippen molar-refractivity contribution in [2.24, 2.45) is 5.10 Å². The van der Waals surface area contributed by atoms with Crippen molar-refractivity contribution in [1.82, 2.24) is 9.66 Å². The zero-order valence-corrected chi connectivity index (χ0v) is 23.7. The molecular formula is C36H26N4O4. The monoisotopic (exact) mass is 578 g/mol. The summed E-state index contributed by atoms with van der Waals surface area (Å²) < 4.78 is 13.4. The highest BCUT2D eigenvalue weighted by atomic mass is 16.5. The zero-order chi connectivity index (χ0) is 30.0. The van der Waals surface area contributed by atoms with Crippen molar-refractivity contribution in [1.29, 1.82) is 0 Å². The first-order valence-corrected chi connectivity index (χ1v) is 14.1. The van der Waals surface area contributed by atoms with Crippen LogP contribution in [0, 0.1) is 6.92 Å². The normalized spacial score (nSPS) is 11.5. The van der Waals surface area contributed by atoms with E-state index in [9.17, 15) is 9.59 Å². The van der Waals surface area contributed by atoms with E-state index >= 15 is 0 Å². The van der Waals surface area contributed by atoms with Gasteiger partial charge in [-0.05, 0) is 60.2 Å². The van der Waals surface area contributed by atoms with Crippen LogP contribution in [-0.2, 0) is 4.79 Å². The molecule has 214 valence electrons. The molecule has 0 aliphatic heterocycles. The van der Waals surface area contributed by atoms with Crippen LogP contribution in [0.2, 0.25) is 0 Å². The Kier molecular flexibility index (Phi) is 6.92. The summed E-state index contributed by atoms with van der Waals surface area (Å²) >= 11 is 0. The molecule has 0 unspecified atom stereocenters. The first-order valence-electron chi connectivity index (χ1n) is 14.1. The number of nitrogens with zero attached hydrogens (tertiary/aromatic N) is 3. The lowest BCUT2D eigenvalue weighted by atomic mass is 10.0. The number of rotatable bonds is 7. The average molecular weight is 579 g/mol. The number of amides is 1. The zero-order valence-electron chi connectivity index (χ0n) is 23.7. The number of para-hydroxylation sites is 2. The maximum Gasteiger partial charge on any atom is 0.282 e. The third kappa shape index (κ3) is 5.20. The molecule has 2 aromatic heterocycles. The van der Waals surface area contributed by atoms with Gasteiger partial charge in [0.15, 0.2) is 12.4 Å². The average Bonchev–Trinajstić information content (AvgIpc) is 3.49. The van der Waals surface area contributed by atoms with E-state index in [0.717, 1.165) is 21.7 Å². The minimum absolute atomic E-state index is 0.214. The molecule has 5 aromatic carbocycles. The second-order valence-electron chi connectivity index (χ2n) is 10.4. The Hall–Kier alpha value is -6.02. The van der Waals surface area contributed by atoms with Gasteiger partial charge in [0.25, 0.3) is 11.5 Å². The van der Waals surface area contributed by atoms with Crippen molar-refractivity contribution in [3.05, 3.63) is 137 Å². The number of aryl methyl sites for hydroxylation is 1. The second kappa shape index (κ2) is 11.3. The van der Waals surface area contributed by atoms with Crippen molar-refractivity contribution in [2.45, 2.75) is 6.92 Å². The Labute approximate surface area is 251 Å². The van der Waals surface area contributed by atoms with Crippen LogP contribution in [0.1, 0.15) is 11.1 Å². The Morgan fingerprint density at radius 1 is 0.886 bits per heavy atom. The summed E-state index contributed by atoms with van der Waals surface area (Å²) in [5.41, 5.74) is 3.26. The first-order chi connectivity index (χ1) is 21.5. The fraction of sp³-hybridized carbons (Fsp3) is 0.0556. The highest BCUT2D eigenvalue weighted by Gasteiger charge is 2.17. The quantitative estimate of drug-likeness (QED) is 0.202. The Bertz CT molecular complexity index is 2230. The Morgan fingerprint density at radius 3 is 2.43 bits per heavy atom. The fourth-order valence-electron chi connectivity index (χ4n) is 5.11. The number of nitrogens with one attached hydrogen (secondary N) is 1. The molecule has 7 rings (SSSR count). The molecule has 8 heteroatoms. The van der Waals surface area contributed by atoms with Gasteiger partial charge in [0.1, 0.15) is 11.3 Å². The molecule has 1 amide bonds. The SMILES string of the molecule is Cc1ccc(NC(=O)COc2ccc3ccccc3c2C=Nn2c(-c3cc4ccccc4o3)nc3ccccc3c2=O)cc1. The molecule has 8 nitrogen and oxygen atoms in total. The van der Waals surface area contributed by atoms with E-state index in [4.69, 9.17) is 14.1 Å². The van der Waals surface area contributed by atoms with Crippen LogP contribution in [0.25, 0.3) is 44.2 Å². The van der Waals surface area contributed by atoms with Gasteiger partial charge in [-0.15, -0.1) is 0 Å². The lowest BCUT2D eigenvalue weighted by molar-refractivity contribution is -0.118. The molecule has 7 aromatic rings. The molecule has 44 heavy (non-hydrogen) atoms. The maximum absolute atomic E-state index is 13.8. The number of benzene rings is 5. The van der Waals surface area contributed by atoms with E-state index in [2.05, 4.69) is 10.4 Å². The van der Waals surface area contributed by atoms with Crippen molar-refractivity contribution in [2.75, 3.05) is 11.9 Å². The summed E-state index contributed by atoms with van der Waals surface area (Å²) in [4.78, 5) is 31.3. The molecule has 0 aliphatic rings. The summed E-state index contributed by atoms with van der Waals surface area (Å²) in [5, 5.41) is 10.6. The fourth-order valence-corrected chi connectivity index (χ4v) is 5.11. The minimum atomic E-state index is -0.345. The molecule has 0 saturated carbocycles. The number of carbonyl (C=O) groups is 1. The van der Waals surface area contributed by atoms with Gasteiger partial charge in [-0.3, -0.25) is 9.59 Å². The van der Waals surface area contributed by atoms with Gasteiger partial charge in [0.2, 0.25) is 5.82 Å². The molecule has 0 radical (unpaired) electrons. The minimum Gasteiger partial charge on any atom is -0.483 e. The predicted molar refractivity (Wildman–Crippen MR) is 173 cm³/mol. The lowest BCUT2D eigenvalue weighted by Gasteiger charge is -2.13. The van der Waals surface area contributed by atoms with Crippen LogP contribution in [0.15, 0.2) is 130 Å². The predicted octanol–water partition coefficient (Wildman–Crippen LogP) is 7.17. The van der Waals surface area contributed by atoms with Crippen molar-refractivity contribution in [3.8, 4) is 17.3 Å². The van der Waals surface area contributed by atoms with Gasteiger partial charge in [-0.25, -0.2) is 4.98 Å². The van der Waals surface area contributed by atoms with Crippen LogP contribution in [0.3, 0.4) is 0 Å². The van der Waals surface area contributed by atoms with Crippen molar-refractivity contribution >= 4 is 50.5 Å². The largest absolute Gasteiger partial charge is 0.483 e. The summed E-state index contributed by atoms with van der Waals surface area (Å²) in [6.07, 6.45) is 1.57. The summed E-state index contributed by atoms with van der Waals surface area (Å²) in [6, 6.07) is 35.6. The number of anilines is 1. The number of fused-ring (bicyclic) bond motifs is 3. The highest BCUT2D eigenvalue weighted by molar-refractivity contribution is 6.03. The smallest absolute Gasteiger partial charge is 0.282 e. The number of aromatic nitrogens is 2. The van der Waals surface area contributed by atoms with Crippen LogP contribution < -0.4 is 15.6 Å². The number of hydrogen-bond acceptors (Lipinski definition) is 6. The van der Waals surface area contributed by atoms with Gasteiger partial charge >= 0.3 is 0 Å². The molecule has 0 spiro atoms. The van der Waals surface area contributed by atoms with Crippen LogP contribution in [-0.4, -0.2) is 28.4 Å². The van der Waals surface area contributed by atoms with Gasteiger partial charge < -0.3 is 14.5 Å². The topological polar surface area (TPSA) is 98.7 Å². The molecular weight excluding hydrogens is 552 g/mol. The van der Waals surface area contributed by atoms with Crippen molar-refractivity contribution < 1.29 is 13.9 Å². The molecule has 0 bridgehead atoms. The summed E-state index contributed by atoms with van der Waals surface area (Å²) in [6.45, 7) is 1.77. The van der Waals surface area contributed by atoms with E-state index in [-0.39, 0.29) is 23.9 Å². The van der Waals surface area contributed by atoms with E-state index < -0.39 is 0 Å². The van der Waals surface area contributed by atoms with E-state index in [1.807, 2.05) is 97.9 Å². The van der Waals surface area contributed by atoms with Crippen LogP contribution in [0.5, 0.6) is 5.75 Å². The van der Waals surface area contributed by atoms with Crippen molar-refractivity contribution in [3.63, 3.8) is 0 Å². The first kappa shape index (κ1) is 26.9. The molecule has 1 N–H and O–H groups in total. The number of hydrogen-bond donors (Lipinski definition) is 1. The molecule has 0 saturated heterocycles. The van der Waals surface area contributed by atoms with Gasteiger partial charge in [-0.2, -0.15) is 9.78 Å². The lowest BCUT2D eigenvalue weighted by Crippen LogP contribution is -2.21. The Balaban J connectivity index is 1.30. The Morgan fingerprint density at radius 2 is 1.61 bits per heavy atom. The summed E-state index contributed by atoms with van der Waals surface area (Å²) in [7, 11) is 0. The molecule has 2 heterocycles. The third-order valence-corrected chi connectivity index (χ3v) is 7.33. The standard InChI is InChI=1S/C36H26N4O4/c1-23-14-17-26(18-15-23)38-34(41)22-43-32-19-16-24-8-2-4-10-27(24)29(32)21-37-40-35(33-20-25-9-3-7-13-31(25)44-33)39-30-12-6-5-11-28(30)36(40)42/h2-21H,22H2,1H3,(H,38,41). The van der Waals surface area contributed by atoms with E-state index in [1.54, 1.807) is 30.5 Å². The second-order valence-corrected chi connectivity index (χ2v) is 10.4. The number of furan rings is 1. The maximum atomic E-state index is 13.8. The number of carbonyl (C=O) groups excluding carboxylic acids is 1. The van der Waals surface area contributed by atoms with Gasteiger partial charge in [0, 0.05) is 16.6 Å². The van der Waals surface area contributed by atoms with E-state index in [1.165, 1.54) is 4.68 Å². The van der Waals surface area contributed by atoms with Gasteiger partial charge in [0.05, 0.1) is 17.1 Å². The van der Waals surface area contributed by atoms with Gasteiger partial charge in [-0.1, -0.05) is 78.4 Å². The molecule has 0 fully saturated rings. The van der Waals surface area contributed by atoms with Crippen LogP contribution in [0.4, 0.5) is 5.69 Å². The molecule has 0 atom stereocenters. The van der Waals surface area contributed by atoms with Crippen LogP contribution >= 0.6 is 0 Å².